The maximum Gasteiger partial charge on any atom is 0.339 e. The van der Waals surface area contributed by atoms with Gasteiger partial charge in [-0.05, 0) is 36.4 Å². The molecule has 0 unspecified atom stereocenters. The van der Waals surface area contributed by atoms with E-state index in [2.05, 4.69) is 26.8 Å². The Morgan fingerprint density at radius 2 is 2.02 bits per heavy atom. The van der Waals surface area contributed by atoms with Gasteiger partial charge in [0.25, 0.3) is 11.5 Å². The van der Waals surface area contributed by atoms with Crippen LogP contribution in [0.4, 0.5) is 5.95 Å². The van der Waals surface area contributed by atoms with Crippen molar-refractivity contribution in [2.45, 2.75) is 0 Å². The van der Waals surface area contributed by atoms with Gasteiger partial charge >= 0.3 is 5.97 Å². The summed E-state index contributed by atoms with van der Waals surface area (Å²) in [6, 6.07) is 9.16. The van der Waals surface area contributed by atoms with E-state index >= 15 is 0 Å². The van der Waals surface area contributed by atoms with E-state index in [1.54, 1.807) is 24.3 Å². The summed E-state index contributed by atoms with van der Waals surface area (Å²) in [5.74, 6) is -1.27. The smallest absolute Gasteiger partial charge is 0.339 e. The minimum Gasteiger partial charge on any atom is -0.507 e. The molecular formula is C29H28ClN7O7. The van der Waals surface area contributed by atoms with Gasteiger partial charge in [0.1, 0.15) is 25.2 Å². The second-order valence-corrected chi connectivity index (χ2v) is 9.46. The molecule has 14 nitrogen and oxygen atoms in total. The number of nitrogens with zero attached hydrogens (tertiary/aromatic N) is 6. The van der Waals surface area contributed by atoms with Crippen LogP contribution in [0, 0.1) is 0 Å². The molecule has 0 atom stereocenters. The number of nitrogens with one attached hydrogen (secondary N) is 1. The van der Waals surface area contributed by atoms with Gasteiger partial charge < -0.3 is 24.9 Å². The molecule has 0 saturated carbocycles. The fourth-order valence-electron chi connectivity index (χ4n) is 4.04. The molecule has 1 amide bonds. The minimum atomic E-state index is -0.614. The molecule has 0 aliphatic carbocycles. The number of phenolic OH excluding ortho intramolecular Hbond substituents is 1. The third kappa shape index (κ3) is 6.94. The van der Waals surface area contributed by atoms with E-state index in [0.717, 1.165) is 10.9 Å². The van der Waals surface area contributed by atoms with Gasteiger partial charge in [-0.15, -0.1) is 4.73 Å². The van der Waals surface area contributed by atoms with Crippen molar-refractivity contribution in [3.05, 3.63) is 100 Å². The van der Waals surface area contributed by atoms with Crippen LogP contribution in [0.1, 0.15) is 10.4 Å². The minimum absolute atomic E-state index is 0.0237. The molecule has 4 rings (SSSR count). The number of aromatic nitrogens is 4. The van der Waals surface area contributed by atoms with Crippen molar-refractivity contribution >= 4 is 40.5 Å². The van der Waals surface area contributed by atoms with E-state index in [0.29, 0.717) is 10.4 Å². The number of carbonyl (C=O) groups is 2. The first-order valence-corrected chi connectivity index (χ1v) is 13.4. The highest BCUT2D eigenvalue weighted by atomic mass is 35.5. The van der Waals surface area contributed by atoms with Gasteiger partial charge in [0.05, 0.1) is 22.7 Å². The van der Waals surface area contributed by atoms with Crippen LogP contribution >= 0.6 is 11.6 Å². The maximum absolute atomic E-state index is 13.2. The van der Waals surface area contributed by atoms with Gasteiger partial charge in [-0.1, -0.05) is 24.2 Å². The zero-order valence-corrected chi connectivity index (χ0v) is 24.4. The first-order chi connectivity index (χ1) is 21.2. The molecule has 1 aromatic carbocycles. The molecule has 0 fully saturated rings. The van der Waals surface area contributed by atoms with Gasteiger partial charge in [0.15, 0.2) is 5.65 Å². The number of hydrogen-bond acceptors (Lipinski definition) is 12. The predicted octanol–water partition coefficient (Wildman–Crippen LogP) is 2.72. The first kappa shape index (κ1) is 31.5. The Hall–Kier alpha value is -5.47. The van der Waals surface area contributed by atoms with Crippen LogP contribution in [0.2, 0.25) is 5.02 Å². The molecule has 0 radical (unpaired) electrons. The van der Waals surface area contributed by atoms with Crippen molar-refractivity contribution in [2.24, 2.45) is 0 Å². The summed E-state index contributed by atoms with van der Waals surface area (Å²) in [6.07, 6.45) is 6.76. The average Bonchev–Trinajstić information content (AvgIpc) is 3.03. The lowest BCUT2D eigenvalue weighted by Gasteiger charge is -2.22. The lowest BCUT2D eigenvalue weighted by Crippen LogP contribution is -2.36. The van der Waals surface area contributed by atoms with Crippen LogP contribution in [0.3, 0.4) is 0 Å². The average molecular weight is 622 g/mol. The highest BCUT2D eigenvalue weighted by molar-refractivity contribution is 6.33. The molecule has 0 saturated heterocycles. The van der Waals surface area contributed by atoms with Crippen LogP contribution in [-0.2, 0) is 9.53 Å². The number of pyridine rings is 2. The van der Waals surface area contributed by atoms with E-state index in [1.165, 1.54) is 55.9 Å². The molecular weight excluding hydrogens is 594 g/mol. The van der Waals surface area contributed by atoms with Gasteiger partial charge in [0, 0.05) is 49.3 Å². The maximum atomic E-state index is 13.2. The summed E-state index contributed by atoms with van der Waals surface area (Å²) in [4.78, 5) is 57.4. The van der Waals surface area contributed by atoms with Gasteiger partial charge in [0.2, 0.25) is 5.95 Å². The number of esters is 1. The number of amides is 1. The highest BCUT2D eigenvalue weighted by Gasteiger charge is 2.20. The fraction of sp³-hybridized carbons (Fsp3) is 0.172. The van der Waals surface area contributed by atoms with Gasteiger partial charge in [-0.3, -0.25) is 19.8 Å². The molecule has 4 aromatic rings. The Kier molecular flexibility index (Phi) is 10.1. The number of rotatable bonds is 12. The standard InChI is InChI=1S/C29H28ClN7O7/c1-4-36(42)22(27(40)35(2)13-14-44-28(41)18-7-6-11-31-16-18)10-12-32-29-33-17-19-15-20(24-21(30)8-5-9-23(24)38)26(39)37(43-3)25(19)34-29/h4-11,15-17,38,42H,1,12-14H2,2-3H3,(H,32,33,34)/b22-10-. The number of likely N-dealkylation sites (N-methyl/N-ethyl adjacent to an activating group) is 1. The summed E-state index contributed by atoms with van der Waals surface area (Å²) >= 11 is 6.25. The van der Waals surface area contributed by atoms with Crippen molar-refractivity contribution < 1.29 is 29.5 Å². The number of carbonyl (C=O) groups excluding carboxylic acids is 2. The Bertz CT molecular complexity index is 1760. The zero-order valence-electron chi connectivity index (χ0n) is 23.7. The normalized spacial score (nSPS) is 11.1. The number of benzene rings is 1. The molecule has 0 bridgehead atoms. The summed E-state index contributed by atoms with van der Waals surface area (Å²) in [7, 11) is 2.76. The van der Waals surface area contributed by atoms with E-state index in [9.17, 15) is 24.7 Å². The summed E-state index contributed by atoms with van der Waals surface area (Å²) in [5, 5.41) is 24.6. The lowest BCUT2D eigenvalue weighted by atomic mass is 10.1. The number of ether oxygens (including phenoxy) is 1. The molecule has 0 spiro atoms. The fourth-order valence-corrected chi connectivity index (χ4v) is 4.31. The number of anilines is 1. The third-order valence-electron chi connectivity index (χ3n) is 6.24. The Balaban J connectivity index is 1.49. The van der Waals surface area contributed by atoms with Gasteiger partial charge in [-0.25, -0.2) is 14.8 Å². The zero-order chi connectivity index (χ0) is 31.8. The van der Waals surface area contributed by atoms with Crippen LogP contribution in [0.25, 0.3) is 22.2 Å². The van der Waals surface area contributed by atoms with E-state index in [4.69, 9.17) is 21.2 Å². The number of hydrogen-bond donors (Lipinski definition) is 3. The molecule has 3 aromatic heterocycles. The van der Waals surface area contributed by atoms with E-state index < -0.39 is 17.4 Å². The molecule has 3 N–H and O–H groups in total. The van der Waals surface area contributed by atoms with Crippen LogP contribution in [0.5, 0.6) is 5.75 Å². The molecule has 0 aliphatic rings. The Labute approximate surface area is 256 Å². The quantitative estimate of drug-likeness (QED) is 0.120. The molecule has 0 aliphatic heterocycles. The second kappa shape index (κ2) is 14.1. The SMILES string of the molecule is C=CN(O)/C(=C\CNc1ncc2cc(-c3c(O)cccc3Cl)c(=O)n(OC)c2n1)C(=O)N(C)CCOC(=O)c1cccnc1. The van der Waals surface area contributed by atoms with Crippen molar-refractivity contribution in [2.75, 3.05) is 39.2 Å². The van der Waals surface area contributed by atoms with Crippen molar-refractivity contribution in [3.63, 3.8) is 0 Å². The van der Waals surface area contributed by atoms with Crippen molar-refractivity contribution in [1.82, 2.24) is 29.6 Å². The monoisotopic (exact) mass is 621 g/mol. The Morgan fingerprint density at radius 1 is 1.23 bits per heavy atom. The number of halogens is 1. The van der Waals surface area contributed by atoms with Gasteiger partial charge in [-0.2, -0.15) is 4.98 Å². The number of phenols is 1. The van der Waals surface area contributed by atoms with Crippen LogP contribution in [-0.4, -0.2) is 85.7 Å². The molecule has 3 heterocycles. The topological polar surface area (TPSA) is 172 Å². The first-order valence-electron chi connectivity index (χ1n) is 13.0. The van der Waals surface area contributed by atoms with Crippen LogP contribution < -0.4 is 15.7 Å². The van der Waals surface area contributed by atoms with E-state index in [-0.39, 0.29) is 64.5 Å². The largest absolute Gasteiger partial charge is 0.507 e. The van der Waals surface area contributed by atoms with Crippen molar-refractivity contribution in [1.29, 1.82) is 0 Å². The summed E-state index contributed by atoms with van der Waals surface area (Å²) in [6.45, 7) is 3.41. The second-order valence-electron chi connectivity index (χ2n) is 9.05. The third-order valence-corrected chi connectivity index (χ3v) is 6.56. The summed E-state index contributed by atoms with van der Waals surface area (Å²) < 4.78 is 6.13. The van der Waals surface area contributed by atoms with Crippen LogP contribution in [0.15, 0.2) is 84.3 Å². The highest BCUT2D eigenvalue weighted by Crippen LogP contribution is 2.34. The van der Waals surface area contributed by atoms with E-state index in [1.807, 2.05) is 0 Å². The van der Waals surface area contributed by atoms with Crippen molar-refractivity contribution in [3.8, 4) is 16.9 Å². The predicted molar refractivity (Wildman–Crippen MR) is 161 cm³/mol. The molecule has 228 valence electrons. The number of fused-ring (bicyclic) bond motifs is 1. The Morgan fingerprint density at radius 3 is 2.70 bits per heavy atom. The lowest BCUT2D eigenvalue weighted by molar-refractivity contribution is -0.132. The summed E-state index contributed by atoms with van der Waals surface area (Å²) in [5.41, 5.74) is -0.129. The number of hydroxylamine groups is 2. The number of aromatic hydroxyl groups is 1. The molecule has 15 heteroatoms. The molecule has 44 heavy (non-hydrogen) atoms.